The van der Waals surface area contributed by atoms with Crippen LogP contribution in [0.1, 0.15) is 58.3 Å². The van der Waals surface area contributed by atoms with E-state index in [1.807, 2.05) is 0 Å². The third-order valence-corrected chi connectivity index (χ3v) is 3.63. The SMILES string of the molecule is CC12CCCCCCC(CC1)N2. The van der Waals surface area contributed by atoms with E-state index in [1.165, 1.54) is 51.4 Å². The van der Waals surface area contributed by atoms with Crippen LogP contribution in [0.15, 0.2) is 0 Å². The van der Waals surface area contributed by atoms with Crippen molar-refractivity contribution in [3.63, 3.8) is 0 Å². The molecule has 0 radical (unpaired) electrons. The zero-order valence-electron chi connectivity index (χ0n) is 8.23. The molecule has 2 fully saturated rings. The fourth-order valence-corrected chi connectivity index (χ4v) is 2.80. The summed E-state index contributed by atoms with van der Waals surface area (Å²) in [5.41, 5.74) is 0.509. The van der Waals surface area contributed by atoms with Gasteiger partial charge in [0.05, 0.1) is 0 Å². The Morgan fingerprint density at radius 1 is 1.00 bits per heavy atom. The largest absolute Gasteiger partial charge is 0.309 e. The Kier molecular flexibility index (Phi) is 2.40. The smallest absolute Gasteiger partial charge is 0.0156 e. The second kappa shape index (κ2) is 3.37. The van der Waals surface area contributed by atoms with E-state index in [1.54, 1.807) is 0 Å². The van der Waals surface area contributed by atoms with Gasteiger partial charge in [-0.2, -0.15) is 0 Å². The number of hydrogen-bond donors (Lipinski definition) is 1. The lowest BCUT2D eigenvalue weighted by Crippen LogP contribution is -2.39. The fourth-order valence-electron chi connectivity index (χ4n) is 2.80. The molecule has 2 unspecified atom stereocenters. The minimum absolute atomic E-state index is 0.509. The molecular formula is C11H21N. The molecule has 2 aliphatic rings. The van der Waals surface area contributed by atoms with Gasteiger partial charge in [-0.3, -0.25) is 0 Å². The lowest BCUT2D eigenvalue weighted by atomic mass is 9.92. The third-order valence-electron chi connectivity index (χ3n) is 3.63. The maximum absolute atomic E-state index is 3.81. The standard InChI is InChI=1S/C11H21N/c1-11-8-5-3-2-4-6-10(12-11)7-9-11/h10,12H,2-9H2,1H3. The van der Waals surface area contributed by atoms with Crippen molar-refractivity contribution in [2.24, 2.45) is 0 Å². The van der Waals surface area contributed by atoms with Crippen molar-refractivity contribution in [3.8, 4) is 0 Å². The first-order valence-electron chi connectivity index (χ1n) is 5.56. The fraction of sp³-hybridized carbons (Fsp3) is 1.00. The molecule has 70 valence electrons. The second-order valence-corrected chi connectivity index (χ2v) is 4.89. The van der Waals surface area contributed by atoms with Crippen LogP contribution < -0.4 is 5.32 Å². The van der Waals surface area contributed by atoms with Gasteiger partial charge in [-0.1, -0.05) is 25.7 Å². The Bertz CT molecular complexity index is 155. The van der Waals surface area contributed by atoms with Crippen LogP contribution >= 0.6 is 0 Å². The van der Waals surface area contributed by atoms with E-state index in [-0.39, 0.29) is 0 Å². The van der Waals surface area contributed by atoms with Crippen LogP contribution in [0.25, 0.3) is 0 Å². The molecule has 0 aliphatic carbocycles. The Hall–Kier alpha value is -0.0400. The minimum Gasteiger partial charge on any atom is -0.309 e. The van der Waals surface area contributed by atoms with Crippen LogP contribution in [0.3, 0.4) is 0 Å². The number of nitrogens with one attached hydrogen (secondary N) is 1. The van der Waals surface area contributed by atoms with Gasteiger partial charge < -0.3 is 5.32 Å². The highest BCUT2D eigenvalue weighted by atomic mass is 15.0. The lowest BCUT2D eigenvalue weighted by Gasteiger charge is -2.25. The molecule has 0 amide bonds. The molecule has 1 heteroatoms. The van der Waals surface area contributed by atoms with Crippen molar-refractivity contribution in [3.05, 3.63) is 0 Å². The van der Waals surface area contributed by atoms with Crippen LogP contribution in [0, 0.1) is 0 Å². The first-order chi connectivity index (χ1) is 5.79. The average molecular weight is 167 g/mol. The van der Waals surface area contributed by atoms with Gasteiger partial charge in [-0.15, -0.1) is 0 Å². The summed E-state index contributed by atoms with van der Waals surface area (Å²) in [7, 11) is 0. The van der Waals surface area contributed by atoms with Gasteiger partial charge in [0.2, 0.25) is 0 Å². The monoisotopic (exact) mass is 167 g/mol. The topological polar surface area (TPSA) is 12.0 Å². The van der Waals surface area contributed by atoms with E-state index >= 15 is 0 Å². The number of fused-ring (bicyclic) bond motifs is 2. The van der Waals surface area contributed by atoms with E-state index in [0.717, 1.165) is 6.04 Å². The van der Waals surface area contributed by atoms with E-state index in [0.29, 0.717) is 5.54 Å². The maximum Gasteiger partial charge on any atom is 0.0156 e. The molecule has 2 bridgehead atoms. The van der Waals surface area contributed by atoms with Crippen molar-refractivity contribution in [2.75, 3.05) is 0 Å². The summed E-state index contributed by atoms with van der Waals surface area (Å²) in [6, 6.07) is 0.855. The molecule has 0 spiro atoms. The molecule has 12 heavy (non-hydrogen) atoms. The predicted molar refractivity (Wildman–Crippen MR) is 52.3 cm³/mol. The predicted octanol–water partition coefficient (Wildman–Crippen LogP) is 2.85. The summed E-state index contributed by atoms with van der Waals surface area (Å²) in [5.74, 6) is 0. The second-order valence-electron chi connectivity index (χ2n) is 4.89. The van der Waals surface area contributed by atoms with Gasteiger partial charge in [-0.25, -0.2) is 0 Å². The van der Waals surface area contributed by atoms with E-state index in [9.17, 15) is 0 Å². The quantitative estimate of drug-likeness (QED) is 0.585. The van der Waals surface area contributed by atoms with Crippen molar-refractivity contribution in [1.29, 1.82) is 0 Å². The van der Waals surface area contributed by atoms with Gasteiger partial charge >= 0.3 is 0 Å². The summed E-state index contributed by atoms with van der Waals surface area (Å²) in [5, 5.41) is 3.81. The maximum atomic E-state index is 3.81. The first-order valence-corrected chi connectivity index (χ1v) is 5.56. The Morgan fingerprint density at radius 2 is 1.83 bits per heavy atom. The number of rotatable bonds is 0. The van der Waals surface area contributed by atoms with Crippen LogP contribution in [-0.2, 0) is 0 Å². The highest BCUT2D eigenvalue weighted by molar-refractivity contribution is 4.94. The highest BCUT2D eigenvalue weighted by Gasteiger charge is 2.33. The zero-order chi connectivity index (χ0) is 8.44. The molecule has 1 N–H and O–H groups in total. The molecule has 2 aliphatic heterocycles. The van der Waals surface area contributed by atoms with Crippen LogP contribution in [0.2, 0.25) is 0 Å². The van der Waals surface area contributed by atoms with Crippen molar-refractivity contribution >= 4 is 0 Å². The molecule has 0 saturated carbocycles. The van der Waals surface area contributed by atoms with Gasteiger partial charge in [0.15, 0.2) is 0 Å². The lowest BCUT2D eigenvalue weighted by molar-refractivity contribution is 0.357. The summed E-state index contributed by atoms with van der Waals surface area (Å²) in [6.07, 6.45) is 11.5. The van der Waals surface area contributed by atoms with E-state index in [4.69, 9.17) is 0 Å². The molecule has 0 aromatic heterocycles. The third kappa shape index (κ3) is 1.82. The molecule has 0 aromatic rings. The van der Waals surface area contributed by atoms with Gasteiger partial charge in [-0.05, 0) is 32.6 Å². The minimum atomic E-state index is 0.509. The average Bonchev–Trinajstić information content (AvgIpc) is 2.44. The molecule has 2 rings (SSSR count). The van der Waals surface area contributed by atoms with Crippen molar-refractivity contribution in [1.82, 2.24) is 5.32 Å². The van der Waals surface area contributed by atoms with E-state index < -0.39 is 0 Å². The normalized spacial score (nSPS) is 43.2. The van der Waals surface area contributed by atoms with Crippen LogP contribution in [0.4, 0.5) is 0 Å². The number of hydrogen-bond acceptors (Lipinski definition) is 1. The Labute approximate surface area is 75.9 Å². The van der Waals surface area contributed by atoms with Gasteiger partial charge in [0.25, 0.3) is 0 Å². The van der Waals surface area contributed by atoms with Gasteiger partial charge in [0, 0.05) is 11.6 Å². The molecule has 1 nitrogen and oxygen atoms in total. The zero-order valence-corrected chi connectivity index (χ0v) is 8.23. The van der Waals surface area contributed by atoms with Crippen molar-refractivity contribution < 1.29 is 0 Å². The summed E-state index contributed by atoms with van der Waals surface area (Å²) < 4.78 is 0. The summed E-state index contributed by atoms with van der Waals surface area (Å²) in [6.45, 7) is 2.42. The van der Waals surface area contributed by atoms with Crippen LogP contribution in [-0.4, -0.2) is 11.6 Å². The van der Waals surface area contributed by atoms with Gasteiger partial charge in [0.1, 0.15) is 0 Å². The van der Waals surface area contributed by atoms with Crippen molar-refractivity contribution in [2.45, 2.75) is 69.9 Å². The highest BCUT2D eigenvalue weighted by Crippen LogP contribution is 2.31. The van der Waals surface area contributed by atoms with Crippen LogP contribution in [0.5, 0.6) is 0 Å². The molecular weight excluding hydrogens is 146 g/mol. The molecule has 2 saturated heterocycles. The molecule has 0 aromatic carbocycles. The van der Waals surface area contributed by atoms with E-state index in [2.05, 4.69) is 12.2 Å². The summed E-state index contributed by atoms with van der Waals surface area (Å²) >= 11 is 0. The Morgan fingerprint density at radius 3 is 2.75 bits per heavy atom. The molecule has 2 heterocycles. The molecule has 2 atom stereocenters. The summed E-state index contributed by atoms with van der Waals surface area (Å²) in [4.78, 5) is 0. The first kappa shape index (κ1) is 8.55. The Balaban J connectivity index is 1.98.